The Kier molecular flexibility index (Phi) is 5.54. The second-order valence-corrected chi connectivity index (χ2v) is 7.99. The molecule has 136 valence electrons. The van der Waals surface area contributed by atoms with Gasteiger partial charge in [0.15, 0.2) is 0 Å². The first-order valence-electron chi connectivity index (χ1n) is 8.76. The van der Waals surface area contributed by atoms with Crippen molar-refractivity contribution in [3.63, 3.8) is 0 Å². The largest absolute Gasteiger partial charge is 0.383 e. The fraction of sp³-hybridized carbons (Fsp3) is 0.611. The normalized spacial score (nSPS) is 17.0. The van der Waals surface area contributed by atoms with Crippen molar-refractivity contribution < 1.29 is 9.53 Å². The van der Waals surface area contributed by atoms with Gasteiger partial charge in [0.1, 0.15) is 17.0 Å². The third-order valence-electron chi connectivity index (χ3n) is 4.92. The summed E-state index contributed by atoms with van der Waals surface area (Å²) in [5, 5.41) is 4.21. The van der Waals surface area contributed by atoms with E-state index in [1.807, 2.05) is 6.92 Å². The third kappa shape index (κ3) is 3.77. The first-order chi connectivity index (χ1) is 12.0. The van der Waals surface area contributed by atoms with Crippen LogP contribution in [0.3, 0.4) is 0 Å². The van der Waals surface area contributed by atoms with Gasteiger partial charge in [-0.05, 0) is 39.2 Å². The summed E-state index contributed by atoms with van der Waals surface area (Å²) in [5.41, 5.74) is 1.27. The van der Waals surface area contributed by atoms with Gasteiger partial charge in [0.25, 0.3) is 0 Å². The summed E-state index contributed by atoms with van der Waals surface area (Å²) in [6, 6.07) is 0.0495. The number of fused-ring (bicyclic) bond motifs is 1. The average molecular weight is 362 g/mol. The fourth-order valence-electron chi connectivity index (χ4n) is 3.41. The Morgan fingerprint density at radius 1 is 1.40 bits per heavy atom. The Labute approximate surface area is 152 Å². The number of hydrogen-bond acceptors (Lipinski definition) is 6. The Morgan fingerprint density at radius 2 is 2.12 bits per heavy atom. The van der Waals surface area contributed by atoms with Crippen LogP contribution in [-0.4, -0.2) is 48.7 Å². The highest BCUT2D eigenvalue weighted by molar-refractivity contribution is 7.18. The van der Waals surface area contributed by atoms with Crippen LogP contribution in [0.2, 0.25) is 0 Å². The monoisotopic (exact) mass is 362 g/mol. The number of piperidine rings is 1. The Hall–Kier alpha value is -1.73. The van der Waals surface area contributed by atoms with E-state index >= 15 is 0 Å². The molecule has 0 spiro atoms. The first kappa shape index (κ1) is 18.1. The van der Waals surface area contributed by atoms with Gasteiger partial charge in [-0.15, -0.1) is 11.3 Å². The van der Waals surface area contributed by atoms with Crippen LogP contribution in [0.5, 0.6) is 0 Å². The summed E-state index contributed by atoms with van der Waals surface area (Å²) in [7, 11) is 1.65. The van der Waals surface area contributed by atoms with Gasteiger partial charge in [-0.3, -0.25) is 4.79 Å². The lowest BCUT2D eigenvalue weighted by Crippen LogP contribution is -2.44. The number of anilines is 1. The van der Waals surface area contributed by atoms with Crippen molar-refractivity contribution >= 4 is 33.3 Å². The average Bonchev–Trinajstić information content (AvgIpc) is 2.90. The summed E-state index contributed by atoms with van der Waals surface area (Å²) in [6.45, 7) is 8.46. The summed E-state index contributed by atoms with van der Waals surface area (Å²) in [5.74, 6) is 1.22. The van der Waals surface area contributed by atoms with Crippen molar-refractivity contribution in [1.82, 2.24) is 15.3 Å². The minimum Gasteiger partial charge on any atom is -0.383 e. The Morgan fingerprint density at radius 3 is 2.80 bits per heavy atom. The van der Waals surface area contributed by atoms with Gasteiger partial charge in [-0.2, -0.15) is 0 Å². The van der Waals surface area contributed by atoms with Crippen LogP contribution in [0.15, 0.2) is 6.33 Å². The molecule has 1 aliphatic heterocycles. The van der Waals surface area contributed by atoms with Gasteiger partial charge in [-0.25, -0.2) is 9.97 Å². The molecule has 1 aliphatic rings. The molecular formula is C18H26N4O2S. The number of carbonyl (C=O) groups is 1. The molecule has 3 rings (SSSR count). The number of hydrogen-bond donors (Lipinski definition) is 1. The number of amides is 1. The number of thiophene rings is 1. The summed E-state index contributed by atoms with van der Waals surface area (Å²) in [6.07, 6.45) is 3.34. The highest BCUT2D eigenvalue weighted by Crippen LogP contribution is 2.35. The van der Waals surface area contributed by atoms with Crippen LogP contribution in [0.1, 0.15) is 30.2 Å². The first-order valence-corrected chi connectivity index (χ1v) is 9.57. The molecule has 0 bridgehead atoms. The van der Waals surface area contributed by atoms with E-state index in [1.165, 1.54) is 15.8 Å². The maximum atomic E-state index is 12.4. The van der Waals surface area contributed by atoms with Gasteiger partial charge >= 0.3 is 0 Å². The van der Waals surface area contributed by atoms with Crippen LogP contribution < -0.4 is 10.2 Å². The van der Waals surface area contributed by atoms with Gasteiger partial charge in [0.05, 0.1) is 12.0 Å². The quantitative estimate of drug-likeness (QED) is 0.886. The van der Waals surface area contributed by atoms with Crippen LogP contribution in [0.4, 0.5) is 5.82 Å². The molecule has 25 heavy (non-hydrogen) atoms. The highest BCUT2D eigenvalue weighted by Gasteiger charge is 2.27. The molecule has 0 aromatic carbocycles. The molecule has 0 radical (unpaired) electrons. The van der Waals surface area contributed by atoms with Crippen LogP contribution >= 0.6 is 11.3 Å². The molecule has 0 unspecified atom stereocenters. The fourth-order valence-corrected chi connectivity index (χ4v) is 4.40. The van der Waals surface area contributed by atoms with Gasteiger partial charge in [-0.1, -0.05) is 0 Å². The molecule has 2 aromatic rings. The molecule has 0 aliphatic carbocycles. The van der Waals surface area contributed by atoms with Gasteiger partial charge < -0.3 is 15.0 Å². The second-order valence-electron chi connectivity index (χ2n) is 6.79. The lowest BCUT2D eigenvalue weighted by atomic mass is 9.95. The van der Waals surface area contributed by atoms with E-state index in [-0.39, 0.29) is 17.9 Å². The molecule has 6 nitrogen and oxygen atoms in total. The maximum Gasteiger partial charge on any atom is 0.223 e. The minimum atomic E-state index is 0.0495. The van der Waals surface area contributed by atoms with Crippen molar-refractivity contribution in [2.75, 3.05) is 31.7 Å². The van der Waals surface area contributed by atoms with E-state index in [0.717, 1.165) is 36.6 Å². The van der Waals surface area contributed by atoms with E-state index in [9.17, 15) is 4.79 Å². The number of rotatable bonds is 5. The van der Waals surface area contributed by atoms with Gasteiger partial charge in [0.2, 0.25) is 5.91 Å². The van der Waals surface area contributed by atoms with Crippen molar-refractivity contribution in [2.24, 2.45) is 5.92 Å². The number of nitrogens with zero attached hydrogens (tertiary/aromatic N) is 3. The molecule has 7 heteroatoms. The molecule has 1 N–H and O–H groups in total. The molecule has 1 saturated heterocycles. The number of nitrogens with one attached hydrogen (secondary N) is 1. The van der Waals surface area contributed by atoms with Crippen LogP contribution in [-0.2, 0) is 9.53 Å². The van der Waals surface area contributed by atoms with Gasteiger partial charge in [0, 0.05) is 37.0 Å². The lowest BCUT2D eigenvalue weighted by Gasteiger charge is -2.33. The number of aryl methyl sites for hydroxylation is 2. The van der Waals surface area contributed by atoms with Crippen molar-refractivity contribution in [3.8, 4) is 0 Å². The lowest BCUT2D eigenvalue weighted by molar-refractivity contribution is -0.126. The highest BCUT2D eigenvalue weighted by atomic mass is 32.1. The zero-order valence-corrected chi connectivity index (χ0v) is 16.2. The number of methoxy groups -OCH3 is 1. The SMILES string of the molecule is COC[C@H](C)NC(=O)C1CCN(c2ncnc3sc(C)c(C)c23)CC1. The molecule has 2 aromatic heterocycles. The molecule has 0 saturated carbocycles. The van der Waals surface area contributed by atoms with E-state index in [1.54, 1.807) is 24.8 Å². The van der Waals surface area contributed by atoms with E-state index in [2.05, 4.69) is 34.0 Å². The molecular weight excluding hydrogens is 336 g/mol. The zero-order valence-electron chi connectivity index (χ0n) is 15.3. The maximum absolute atomic E-state index is 12.4. The summed E-state index contributed by atoms with van der Waals surface area (Å²) in [4.78, 5) is 26.0. The zero-order chi connectivity index (χ0) is 18.0. The van der Waals surface area contributed by atoms with Crippen LogP contribution in [0, 0.1) is 19.8 Å². The van der Waals surface area contributed by atoms with E-state index in [4.69, 9.17) is 4.74 Å². The Bertz CT molecular complexity index is 753. The molecule has 1 atom stereocenters. The second kappa shape index (κ2) is 7.66. The molecule has 1 fully saturated rings. The topological polar surface area (TPSA) is 67.3 Å². The number of carbonyl (C=O) groups excluding carboxylic acids is 1. The summed E-state index contributed by atoms with van der Waals surface area (Å²) >= 11 is 1.72. The standard InChI is InChI=1S/C18H26N4O2S/c1-11(9-24-4)21-17(23)14-5-7-22(8-6-14)16-15-12(2)13(3)25-18(15)20-10-19-16/h10-11,14H,5-9H2,1-4H3,(H,21,23)/t11-/m0/s1. The smallest absolute Gasteiger partial charge is 0.223 e. The number of aromatic nitrogens is 2. The molecule has 1 amide bonds. The van der Waals surface area contributed by atoms with E-state index < -0.39 is 0 Å². The van der Waals surface area contributed by atoms with Crippen LogP contribution in [0.25, 0.3) is 10.2 Å². The van der Waals surface area contributed by atoms with E-state index in [0.29, 0.717) is 6.61 Å². The molecule has 3 heterocycles. The predicted molar refractivity (Wildman–Crippen MR) is 101 cm³/mol. The van der Waals surface area contributed by atoms with Crippen molar-refractivity contribution in [1.29, 1.82) is 0 Å². The van der Waals surface area contributed by atoms with Crippen molar-refractivity contribution in [3.05, 3.63) is 16.8 Å². The third-order valence-corrected chi connectivity index (χ3v) is 6.03. The minimum absolute atomic E-state index is 0.0495. The summed E-state index contributed by atoms with van der Waals surface area (Å²) < 4.78 is 5.08. The van der Waals surface area contributed by atoms with Crippen molar-refractivity contribution in [2.45, 2.75) is 39.7 Å². The number of ether oxygens (including phenoxy) is 1. The predicted octanol–water partition coefficient (Wildman–Crippen LogP) is 2.68. The Balaban J connectivity index is 1.68.